The van der Waals surface area contributed by atoms with Gasteiger partial charge in [0.1, 0.15) is 17.3 Å². The highest BCUT2D eigenvalue weighted by Gasteiger charge is 2.29. The third kappa shape index (κ3) is 5.70. The van der Waals surface area contributed by atoms with Crippen LogP contribution < -0.4 is 14.5 Å². The molecular weight excluding hydrogens is 589 g/mol. The van der Waals surface area contributed by atoms with E-state index in [0.717, 1.165) is 40.7 Å². The van der Waals surface area contributed by atoms with Gasteiger partial charge >= 0.3 is 0 Å². The number of anilines is 3. The third-order valence-corrected chi connectivity index (χ3v) is 9.69. The first-order valence-electron chi connectivity index (χ1n) is 17.0. The molecule has 6 aromatic rings. The van der Waals surface area contributed by atoms with E-state index in [4.69, 9.17) is 9.72 Å². The average Bonchev–Trinajstić information content (AvgIpc) is 3.53. The molecule has 2 aromatic heterocycles. The van der Waals surface area contributed by atoms with Crippen LogP contribution in [-0.4, -0.2) is 23.3 Å². The largest absolute Gasteiger partial charge is 0.457 e. The normalized spacial score (nSPS) is 13.9. The Morgan fingerprint density at radius 3 is 2.00 bits per heavy atom. The number of rotatable bonds is 4. The zero-order valence-corrected chi connectivity index (χ0v) is 30.1. The van der Waals surface area contributed by atoms with Crippen molar-refractivity contribution in [2.45, 2.75) is 78.6 Å². The molecule has 7 rings (SSSR count). The Labute approximate surface area is 285 Å². The van der Waals surface area contributed by atoms with E-state index in [9.17, 15) is 0 Å². The van der Waals surface area contributed by atoms with Crippen molar-refractivity contribution in [3.8, 4) is 17.3 Å². The van der Waals surface area contributed by atoms with Crippen molar-refractivity contribution in [2.24, 2.45) is 0 Å². The van der Waals surface area contributed by atoms with Crippen LogP contribution in [0.3, 0.4) is 0 Å². The SMILES string of the molecule is CN1CN(c2cc(Oc3ccc4c5ccccc5n(-c5cc(C(C)(C)C)ccn5)c4c3)cc(C(C)(C)C)c2)c2cc(C(C)(C)C)ccc21. The molecule has 0 spiro atoms. The van der Waals surface area contributed by atoms with Gasteiger partial charge in [-0.2, -0.15) is 0 Å². The molecule has 0 N–H and O–H groups in total. The Morgan fingerprint density at radius 1 is 0.583 bits per heavy atom. The third-order valence-electron chi connectivity index (χ3n) is 9.69. The van der Waals surface area contributed by atoms with E-state index < -0.39 is 0 Å². The fourth-order valence-electron chi connectivity index (χ4n) is 6.75. The molecule has 0 atom stereocenters. The van der Waals surface area contributed by atoms with Crippen molar-refractivity contribution in [3.05, 3.63) is 114 Å². The number of fused-ring (bicyclic) bond motifs is 4. The fraction of sp³-hybridized carbons (Fsp3) is 0.326. The van der Waals surface area contributed by atoms with E-state index in [2.05, 4.69) is 175 Å². The second-order valence-corrected chi connectivity index (χ2v) is 16.5. The lowest BCUT2D eigenvalue weighted by atomic mass is 9.86. The molecule has 0 aliphatic carbocycles. The van der Waals surface area contributed by atoms with Crippen LogP contribution in [0.15, 0.2) is 97.2 Å². The number of para-hydroxylation sites is 1. The maximum absolute atomic E-state index is 6.81. The van der Waals surface area contributed by atoms with Crippen molar-refractivity contribution in [2.75, 3.05) is 23.5 Å². The summed E-state index contributed by atoms with van der Waals surface area (Å²) in [5.41, 5.74) is 9.65. The van der Waals surface area contributed by atoms with Gasteiger partial charge in [-0.3, -0.25) is 4.57 Å². The lowest BCUT2D eigenvalue weighted by molar-refractivity contribution is 0.479. The predicted octanol–water partition coefficient (Wildman–Crippen LogP) is 11.4. The van der Waals surface area contributed by atoms with Gasteiger partial charge in [-0.05, 0) is 87.5 Å². The summed E-state index contributed by atoms with van der Waals surface area (Å²) in [6.45, 7) is 21.1. The quantitative estimate of drug-likeness (QED) is 0.193. The minimum atomic E-state index is -0.0596. The topological polar surface area (TPSA) is 33.5 Å². The van der Waals surface area contributed by atoms with Crippen LogP contribution in [0, 0.1) is 0 Å². The van der Waals surface area contributed by atoms with Gasteiger partial charge in [0.25, 0.3) is 0 Å². The van der Waals surface area contributed by atoms with Crippen molar-refractivity contribution >= 4 is 38.9 Å². The predicted molar refractivity (Wildman–Crippen MR) is 203 cm³/mol. The summed E-state index contributed by atoms with van der Waals surface area (Å²) < 4.78 is 9.08. The summed E-state index contributed by atoms with van der Waals surface area (Å²) in [4.78, 5) is 9.60. The highest BCUT2D eigenvalue weighted by atomic mass is 16.5. The van der Waals surface area contributed by atoms with Crippen LogP contribution in [0.4, 0.5) is 17.1 Å². The summed E-state index contributed by atoms with van der Waals surface area (Å²) in [5, 5.41) is 2.38. The van der Waals surface area contributed by atoms with Crippen molar-refractivity contribution in [3.63, 3.8) is 0 Å². The van der Waals surface area contributed by atoms with E-state index >= 15 is 0 Å². The van der Waals surface area contributed by atoms with Crippen molar-refractivity contribution in [1.82, 2.24) is 9.55 Å². The Bertz CT molecular complexity index is 2170. The standard InChI is InChI=1S/C43H48N4O/c1-41(2,3)28-15-18-37-39(23-28)46(27-45(37)10)31-21-30(43(7,8)9)22-33(25-31)48-32-16-17-35-34-13-11-12-14-36(34)47(38(35)26-32)40-24-29(19-20-44-40)42(4,5)6/h11-26H,27H2,1-10H3. The molecule has 5 heteroatoms. The van der Waals surface area contributed by atoms with Crippen LogP contribution in [0.25, 0.3) is 27.6 Å². The van der Waals surface area contributed by atoms with Gasteiger partial charge in [-0.25, -0.2) is 4.98 Å². The molecule has 3 heterocycles. The number of aromatic nitrogens is 2. The molecule has 4 aromatic carbocycles. The highest BCUT2D eigenvalue weighted by molar-refractivity contribution is 6.09. The Kier molecular flexibility index (Phi) is 7.39. The van der Waals surface area contributed by atoms with Gasteiger partial charge in [0.15, 0.2) is 0 Å². The van der Waals surface area contributed by atoms with Crippen LogP contribution in [0.1, 0.15) is 79.0 Å². The molecule has 1 aliphatic heterocycles. The first kappa shape index (κ1) is 31.8. The first-order chi connectivity index (χ1) is 22.6. The second kappa shape index (κ2) is 11.2. The lowest BCUT2D eigenvalue weighted by Crippen LogP contribution is -2.24. The van der Waals surface area contributed by atoms with Gasteiger partial charge in [-0.1, -0.05) is 86.6 Å². The summed E-state index contributed by atoms with van der Waals surface area (Å²) in [6, 6.07) is 33.0. The maximum Gasteiger partial charge on any atom is 0.137 e. The molecule has 0 fully saturated rings. The van der Waals surface area contributed by atoms with Crippen molar-refractivity contribution in [1.29, 1.82) is 0 Å². The summed E-state index contributed by atoms with van der Waals surface area (Å²) in [6.07, 6.45) is 1.93. The number of ether oxygens (including phenoxy) is 1. The number of nitrogens with zero attached hydrogens (tertiary/aromatic N) is 4. The minimum absolute atomic E-state index is 0.0134. The van der Waals surface area contributed by atoms with E-state index in [-0.39, 0.29) is 16.2 Å². The Balaban J connectivity index is 1.34. The van der Waals surface area contributed by atoms with E-state index in [1.165, 1.54) is 38.8 Å². The highest BCUT2D eigenvalue weighted by Crippen LogP contribution is 2.45. The van der Waals surface area contributed by atoms with Gasteiger partial charge in [0.2, 0.25) is 0 Å². The van der Waals surface area contributed by atoms with Crippen LogP contribution in [-0.2, 0) is 16.2 Å². The number of pyridine rings is 1. The fourth-order valence-corrected chi connectivity index (χ4v) is 6.75. The molecule has 1 aliphatic rings. The molecular formula is C43H48N4O. The number of hydrogen-bond donors (Lipinski definition) is 0. The van der Waals surface area contributed by atoms with Gasteiger partial charge in [0, 0.05) is 41.8 Å². The molecule has 0 saturated heterocycles. The molecule has 0 amide bonds. The summed E-state index contributed by atoms with van der Waals surface area (Å²) in [7, 11) is 2.17. The van der Waals surface area contributed by atoms with Crippen LogP contribution >= 0.6 is 0 Å². The molecule has 246 valence electrons. The Morgan fingerprint density at radius 2 is 1.27 bits per heavy atom. The summed E-state index contributed by atoms with van der Waals surface area (Å²) in [5.74, 6) is 2.54. The van der Waals surface area contributed by atoms with E-state index in [1.54, 1.807) is 0 Å². The molecule has 0 unspecified atom stereocenters. The van der Waals surface area contributed by atoms with Crippen LogP contribution in [0.2, 0.25) is 0 Å². The zero-order valence-electron chi connectivity index (χ0n) is 30.1. The average molecular weight is 637 g/mol. The minimum Gasteiger partial charge on any atom is -0.457 e. The number of benzene rings is 4. The van der Waals surface area contributed by atoms with Gasteiger partial charge < -0.3 is 14.5 Å². The number of hydrogen-bond acceptors (Lipinski definition) is 4. The molecule has 0 saturated carbocycles. The van der Waals surface area contributed by atoms with E-state index in [0.29, 0.717) is 0 Å². The van der Waals surface area contributed by atoms with Crippen LogP contribution in [0.5, 0.6) is 11.5 Å². The Hall–Kier alpha value is -4.77. The molecule has 0 bridgehead atoms. The second-order valence-electron chi connectivity index (χ2n) is 16.5. The van der Waals surface area contributed by atoms with Crippen molar-refractivity contribution < 1.29 is 4.74 Å². The molecule has 0 radical (unpaired) electrons. The molecule has 5 nitrogen and oxygen atoms in total. The lowest BCUT2D eigenvalue weighted by Gasteiger charge is -2.26. The van der Waals surface area contributed by atoms with Gasteiger partial charge in [-0.15, -0.1) is 0 Å². The smallest absolute Gasteiger partial charge is 0.137 e. The monoisotopic (exact) mass is 636 g/mol. The van der Waals surface area contributed by atoms with Gasteiger partial charge in [0.05, 0.1) is 29.1 Å². The maximum atomic E-state index is 6.81. The van der Waals surface area contributed by atoms with E-state index in [1.807, 2.05) is 6.20 Å². The summed E-state index contributed by atoms with van der Waals surface area (Å²) >= 11 is 0. The molecule has 48 heavy (non-hydrogen) atoms. The zero-order chi connectivity index (χ0) is 34.2. The first-order valence-corrected chi connectivity index (χ1v) is 17.0.